The van der Waals surface area contributed by atoms with Gasteiger partial charge >= 0.3 is 0 Å². The molecule has 0 saturated heterocycles. The van der Waals surface area contributed by atoms with Gasteiger partial charge in [0.25, 0.3) is 0 Å². The van der Waals surface area contributed by atoms with Gasteiger partial charge in [-0.1, -0.05) is 12.2 Å². The molecular weight excluding hydrogens is 192 g/mol. The first-order valence-electron chi connectivity index (χ1n) is 5.40. The molecule has 0 saturated carbocycles. The van der Waals surface area contributed by atoms with E-state index in [1.54, 1.807) is 14.2 Å². The van der Waals surface area contributed by atoms with Crippen LogP contribution in [0.15, 0.2) is 12.2 Å². The predicted molar refractivity (Wildman–Crippen MR) is 63.0 cm³/mol. The molecule has 0 aromatic carbocycles. The predicted octanol–water partition coefficient (Wildman–Crippen LogP) is 0.486. The highest BCUT2D eigenvalue weighted by atomic mass is 16.5. The molecule has 0 aliphatic carbocycles. The number of rotatable bonds is 10. The van der Waals surface area contributed by atoms with Crippen LogP contribution in [0.3, 0.4) is 0 Å². The number of hydrogen-bond acceptors (Lipinski definition) is 4. The molecule has 0 aromatic rings. The van der Waals surface area contributed by atoms with Crippen molar-refractivity contribution < 1.29 is 9.47 Å². The number of nitrogens with two attached hydrogens (primary N) is 1. The lowest BCUT2D eigenvalue weighted by Gasteiger charge is -2.19. The van der Waals surface area contributed by atoms with Crippen molar-refractivity contribution in [3.8, 4) is 0 Å². The molecule has 0 aliphatic rings. The van der Waals surface area contributed by atoms with Crippen molar-refractivity contribution in [1.82, 2.24) is 4.90 Å². The fraction of sp³-hybridized carbons (Fsp3) is 0.818. The Morgan fingerprint density at radius 3 is 2.40 bits per heavy atom. The van der Waals surface area contributed by atoms with E-state index in [2.05, 4.69) is 11.0 Å². The molecule has 0 rings (SSSR count). The van der Waals surface area contributed by atoms with Crippen molar-refractivity contribution in [1.29, 1.82) is 0 Å². The molecule has 0 amide bonds. The Kier molecular flexibility index (Phi) is 11.3. The fourth-order valence-electron chi connectivity index (χ4n) is 1.27. The molecule has 0 atom stereocenters. The Bertz CT molecular complexity index is 152. The van der Waals surface area contributed by atoms with Crippen LogP contribution in [0.4, 0.5) is 0 Å². The topological polar surface area (TPSA) is 47.7 Å². The van der Waals surface area contributed by atoms with Crippen molar-refractivity contribution in [2.75, 3.05) is 53.6 Å². The molecule has 0 radical (unpaired) electrons. The van der Waals surface area contributed by atoms with Gasteiger partial charge in [-0.25, -0.2) is 0 Å². The summed E-state index contributed by atoms with van der Waals surface area (Å²) in [6.45, 7) is 5.11. The molecule has 0 fully saturated rings. The Balaban J connectivity index is 3.67. The number of nitrogens with zero attached hydrogens (tertiary/aromatic N) is 1. The Morgan fingerprint density at radius 2 is 1.80 bits per heavy atom. The molecular formula is C11H24N2O2. The van der Waals surface area contributed by atoms with Crippen molar-refractivity contribution in [2.24, 2.45) is 5.73 Å². The minimum atomic E-state index is 0.607. The summed E-state index contributed by atoms with van der Waals surface area (Å²) >= 11 is 0. The first-order chi connectivity index (χ1) is 7.35. The number of hydrogen-bond donors (Lipinski definition) is 1. The van der Waals surface area contributed by atoms with Gasteiger partial charge in [0.2, 0.25) is 0 Å². The molecule has 4 heteroatoms. The minimum absolute atomic E-state index is 0.607. The fourth-order valence-corrected chi connectivity index (χ4v) is 1.27. The standard InChI is InChI=1S/C11H24N2O2/c1-14-10-5-8-13(9-11-15-2)7-4-3-6-12/h3-4H,5-12H2,1-2H3. The average molecular weight is 216 g/mol. The largest absolute Gasteiger partial charge is 0.385 e. The molecule has 0 spiro atoms. The highest BCUT2D eigenvalue weighted by molar-refractivity contribution is 4.85. The second-order valence-corrected chi connectivity index (χ2v) is 3.35. The van der Waals surface area contributed by atoms with Crippen LogP contribution in [-0.2, 0) is 9.47 Å². The second kappa shape index (κ2) is 11.7. The van der Waals surface area contributed by atoms with Gasteiger partial charge in [0.05, 0.1) is 6.61 Å². The van der Waals surface area contributed by atoms with Crippen LogP contribution in [0, 0.1) is 0 Å². The van der Waals surface area contributed by atoms with Crippen molar-refractivity contribution in [2.45, 2.75) is 6.42 Å². The summed E-state index contributed by atoms with van der Waals surface area (Å²) in [5, 5.41) is 0. The summed E-state index contributed by atoms with van der Waals surface area (Å²) in [6, 6.07) is 0. The smallest absolute Gasteiger partial charge is 0.0589 e. The minimum Gasteiger partial charge on any atom is -0.385 e. The highest BCUT2D eigenvalue weighted by Gasteiger charge is 2.01. The maximum absolute atomic E-state index is 5.39. The van der Waals surface area contributed by atoms with Gasteiger partial charge in [-0.05, 0) is 6.42 Å². The number of ether oxygens (including phenoxy) is 2. The number of methoxy groups -OCH3 is 2. The summed E-state index contributed by atoms with van der Waals surface area (Å²) < 4.78 is 10.1. The summed E-state index contributed by atoms with van der Waals surface area (Å²) in [7, 11) is 3.46. The Morgan fingerprint density at radius 1 is 1.07 bits per heavy atom. The van der Waals surface area contributed by atoms with Gasteiger partial charge in [-0.15, -0.1) is 0 Å². The van der Waals surface area contributed by atoms with Gasteiger partial charge < -0.3 is 15.2 Å². The normalized spacial score (nSPS) is 11.7. The maximum atomic E-state index is 5.39. The van der Waals surface area contributed by atoms with Crippen LogP contribution in [0.2, 0.25) is 0 Å². The van der Waals surface area contributed by atoms with Crippen LogP contribution >= 0.6 is 0 Å². The third kappa shape index (κ3) is 9.87. The van der Waals surface area contributed by atoms with E-state index in [4.69, 9.17) is 15.2 Å². The maximum Gasteiger partial charge on any atom is 0.0589 e. The van der Waals surface area contributed by atoms with Gasteiger partial charge in [0.1, 0.15) is 0 Å². The summed E-state index contributed by atoms with van der Waals surface area (Å²) in [5.74, 6) is 0. The molecule has 90 valence electrons. The zero-order chi connectivity index (χ0) is 11.4. The molecule has 0 aliphatic heterocycles. The van der Waals surface area contributed by atoms with Gasteiger partial charge in [0.15, 0.2) is 0 Å². The van der Waals surface area contributed by atoms with E-state index in [1.165, 1.54) is 0 Å². The van der Waals surface area contributed by atoms with Crippen molar-refractivity contribution >= 4 is 0 Å². The molecule has 4 nitrogen and oxygen atoms in total. The first-order valence-corrected chi connectivity index (χ1v) is 5.40. The lowest BCUT2D eigenvalue weighted by atomic mass is 10.3. The zero-order valence-electron chi connectivity index (χ0n) is 9.95. The summed E-state index contributed by atoms with van der Waals surface area (Å²) in [6.07, 6.45) is 5.13. The second-order valence-electron chi connectivity index (χ2n) is 3.35. The van der Waals surface area contributed by atoms with Crippen LogP contribution in [-0.4, -0.2) is 58.5 Å². The van der Waals surface area contributed by atoms with Crippen LogP contribution in [0.25, 0.3) is 0 Å². The lowest BCUT2D eigenvalue weighted by molar-refractivity contribution is 0.139. The van der Waals surface area contributed by atoms with E-state index in [-0.39, 0.29) is 0 Å². The van der Waals surface area contributed by atoms with Gasteiger partial charge in [0, 0.05) is 47.0 Å². The average Bonchev–Trinajstić information content (AvgIpc) is 2.25. The Hall–Kier alpha value is -0.420. The monoisotopic (exact) mass is 216 g/mol. The van der Waals surface area contributed by atoms with E-state index in [1.807, 2.05) is 6.08 Å². The van der Waals surface area contributed by atoms with Crippen molar-refractivity contribution in [3.63, 3.8) is 0 Å². The first kappa shape index (κ1) is 14.6. The van der Waals surface area contributed by atoms with Crippen LogP contribution in [0.5, 0.6) is 0 Å². The van der Waals surface area contributed by atoms with Gasteiger partial charge in [-0.3, -0.25) is 4.90 Å². The van der Waals surface area contributed by atoms with Gasteiger partial charge in [-0.2, -0.15) is 0 Å². The van der Waals surface area contributed by atoms with E-state index in [9.17, 15) is 0 Å². The van der Waals surface area contributed by atoms with E-state index >= 15 is 0 Å². The van der Waals surface area contributed by atoms with Crippen LogP contribution < -0.4 is 5.73 Å². The molecule has 0 heterocycles. The van der Waals surface area contributed by atoms with E-state index in [0.29, 0.717) is 6.54 Å². The molecule has 2 N–H and O–H groups in total. The third-order valence-corrected chi connectivity index (χ3v) is 2.10. The lowest BCUT2D eigenvalue weighted by Crippen LogP contribution is -2.29. The molecule has 0 aromatic heterocycles. The molecule has 15 heavy (non-hydrogen) atoms. The Labute approximate surface area is 93.0 Å². The molecule has 0 unspecified atom stereocenters. The summed E-state index contributed by atoms with van der Waals surface area (Å²) in [5.41, 5.74) is 5.39. The van der Waals surface area contributed by atoms with Crippen LogP contribution in [0.1, 0.15) is 6.42 Å². The molecule has 0 bridgehead atoms. The third-order valence-electron chi connectivity index (χ3n) is 2.10. The van der Waals surface area contributed by atoms with E-state index < -0.39 is 0 Å². The highest BCUT2D eigenvalue weighted by Crippen LogP contribution is 1.93. The quantitative estimate of drug-likeness (QED) is 0.426. The van der Waals surface area contributed by atoms with E-state index in [0.717, 1.165) is 39.3 Å². The summed E-state index contributed by atoms with van der Waals surface area (Å²) in [4.78, 5) is 2.33. The zero-order valence-corrected chi connectivity index (χ0v) is 9.95. The SMILES string of the molecule is COCCCN(CC=CCN)CCOC. The van der Waals surface area contributed by atoms with Crippen molar-refractivity contribution in [3.05, 3.63) is 12.2 Å².